The molecule has 1 aliphatic heterocycles. The number of piperazine rings is 1. The first kappa shape index (κ1) is 21.2. The van der Waals surface area contributed by atoms with Crippen molar-refractivity contribution in [2.75, 3.05) is 31.5 Å². The van der Waals surface area contributed by atoms with E-state index in [9.17, 15) is 18.5 Å². The molecule has 0 saturated carbocycles. The number of sulfonamides is 1. The van der Waals surface area contributed by atoms with E-state index >= 15 is 0 Å². The van der Waals surface area contributed by atoms with Crippen molar-refractivity contribution in [1.82, 2.24) is 9.21 Å². The number of thiocarbonyl (C=S) groups is 1. The lowest BCUT2D eigenvalue weighted by atomic mass is 10.1. The fourth-order valence-corrected chi connectivity index (χ4v) is 5.24. The van der Waals surface area contributed by atoms with E-state index in [4.69, 9.17) is 12.2 Å². The molecule has 1 heterocycles. The van der Waals surface area contributed by atoms with Gasteiger partial charge in [-0.1, -0.05) is 30.3 Å². The fourth-order valence-electron chi connectivity index (χ4n) is 3.48. The zero-order valence-electron chi connectivity index (χ0n) is 16.5. The molecule has 3 aromatic carbocycles. The summed E-state index contributed by atoms with van der Waals surface area (Å²) in [6.07, 6.45) is 0. The second-order valence-corrected chi connectivity index (χ2v) is 9.46. The van der Waals surface area contributed by atoms with Crippen LogP contribution in [0.3, 0.4) is 0 Å². The Morgan fingerprint density at radius 2 is 1.58 bits per heavy atom. The predicted octanol–water partition coefficient (Wildman–Crippen LogP) is 3.45. The number of hydrogen-bond acceptors (Lipinski definition) is 5. The summed E-state index contributed by atoms with van der Waals surface area (Å²) < 4.78 is 27.7. The average molecular weight is 457 g/mol. The molecule has 1 aliphatic rings. The third-order valence-electron chi connectivity index (χ3n) is 5.21. The molecule has 0 aromatic heterocycles. The Labute approximate surface area is 185 Å². The van der Waals surface area contributed by atoms with Crippen LogP contribution in [0.4, 0.5) is 11.4 Å². The molecule has 1 N–H and O–H groups in total. The number of non-ortho nitro benzene ring substituents is 1. The molecule has 0 spiro atoms. The number of fused-ring (bicyclic) bond motifs is 1. The first-order valence-corrected chi connectivity index (χ1v) is 11.5. The first-order valence-electron chi connectivity index (χ1n) is 9.64. The van der Waals surface area contributed by atoms with Crippen LogP contribution in [0.25, 0.3) is 10.8 Å². The van der Waals surface area contributed by atoms with Gasteiger partial charge in [-0.3, -0.25) is 10.1 Å². The van der Waals surface area contributed by atoms with Gasteiger partial charge in [0, 0.05) is 44.0 Å². The summed E-state index contributed by atoms with van der Waals surface area (Å²) in [5, 5.41) is 16.1. The highest BCUT2D eigenvalue weighted by Crippen LogP contribution is 2.23. The molecule has 0 amide bonds. The molecule has 1 fully saturated rings. The number of nitro groups is 1. The van der Waals surface area contributed by atoms with E-state index in [1.807, 2.05) is 35.2 Å². The maximum Gasteiger partial charge on any atom is 0.269 e. The normalized spacial score (nSPS) is 15.0. The molecule has 160 valence electrons. The van der Waals surface area contributed by atoms with Gasteiger partial charge in [0.1, 0.15) is 0 Å². The van der Waals surface area contributed by atoms with E-state index in [0.29, 0.717) is 37.0 Å². The van der Waals surface area contributed by atoms with Gasteiger partial charge >= 0.3 is 0 Å². The quantitative estimate of drug-likeness (QED) is 0.365. The van der Waals surface area contributed by atoms with Crippen LogP contribution in [0.2, 0.25) is 0 Å². The Morgan fingerprint density at radius 3 is 2.23 bits per heavy atom. The SMILES string of the molecule is O=[N+]([O-])c1ccc(NC(=S)N2CCN(S(=O)(=O)c3ccc4ccccc4c3)CC2)cc1. The minimum absolute atomic E-state index is 0.00369. The third-order valence-corrected chi connectivity index (χ3v) is 7.47. The summed E-state index contributed by atoms with van der Waals surface area (Å²) in [5.74, 6) is 0. The van der Waals surface area contributed by atoms with Gasteiger partial charge in [0.05, 0.1) is 9.82 Å². The van der Waals surface area contributed by atoms with Gasteiger partial charge in [-0.25, -0.2) is 8.42 Å². The standard InChI is InChI=1S/C21H20N4O4S2/c26-25(27)19-8-6-18(7-9-19)22-21(30)23-11-13-24(14-12-23)31(28,29)20-10-5-16-3-1-2-4-17(16)15-20/h1-10,15H,11-14H2,(H,22,30). The number of nitrogens with one attached hydrogen (secondary N) is 1. The van der Waals surface area contributed by atoms with E-state index in [1.54, 1.807) is 24.3 Å². The maximum atomic E-state index is 13.1. The predicted molar refractivity (Wildman–Crippen MR) is 124 cm³/mol. The lowest BCUT2D eigenvalue weighted by molar-refractivity contribution is -0.384. The van der Waals surface area contributed by atoms with Crippen molar-refractivity contribution in [2.24, 2.45) is 0 Å². The Balaban J connectivity index is 1.40. The fraction of sp³-hybridized carbons (Fsp3) is 0.190. The van der Waals surface area contributed by atoms with Gasteiger partial charge in [-0.05, 0) is 47.3 Å². The molecule has 0 radical (unpaired) electrons. The molecule has 31 heavy (non-hydrogen) atoms. The van der Waals surface area contributed by atoms with E-state index in [0.717, 1.165) is 10.8 Å². The lowest BCUT2D eigenvalue weighted by Crippen LogP contribution is -2.51. The van der Waals surface area contributed by atoms with Gasteiger partial charge in [0.25, 0.3) is 5.69 Å². The highest BCUT2D eigenvalue weighted by Gasteiger charge is 2.29. The number of hydrogen-bond donors (Lipinski definition) is 1. The van der Waals surface area contributed by atoms with Gasteiger partial charge in [0.2, 0.25) is 10.0 Å². The second kappa shape index (κ2) is 8.58. The Hall–Kier alpha value is -3.08. The second-order valence-electron chi connectivity index (χ2n) is 7.13. The van der Waals surface area contributed by atoms with Crippen molar-refractivity contribution in [2.45, 2.75) is 4.90 Å². The Morgan fingerprint density at radius 1 is 0.935 bits per heavy atom. The zero-order valence-corrected chi connectivity index (χ0v) is 18.1. The van der Waals surface area contributed by atoms with Crippen molar-refractivity contribution < 1.29 is 13.3 Å². The zero-order chi connectivity index (χ0) is 22.0. The highest BCUT2D eigenvalue weighted by molar-refractivity contribution is 7.89. The van der Waals surface area contributed by atoms with E-state index in [-0.39, 0.29) is 10.6 Å². The van der Waals surface area contributed by atoms with Crippen molar-refractivity contribution in [1.29, 1.82) is 0 Å². The van der Waals surface area contributed by atoms with Crippen molar-refractivity contribution in [3.8, 4) is 0 Å². The van der Waals surface area contributed by atoms with Crippen molar-refractivity contribution in [3.63, 3.8) is 0 Å². The molecule has 0 atom stereocenters. The maximum absolute atomic E-state index is 13.1. The summed E-state index contributed by atoms with van der Waals surface area (Å²) in [5.41, 5.74) is 0.644. The highest BCUT2D eigenvalue weighted by atomic mass is 32.2. The van der Waals surface area contributed by atoms with Crippen LogP contribution in [0, 0.1) is 10.1 Å². The average Bonchev–Trinajstić information content (AvgIpc) is 2.79. The van der Waals surface area contributed by atoms with Gasteiger partial charge in [-0.15, -0.1) is 0 Å². The van der Waals surface area contributed by atoms with Crippen LogP contribution in [-0.2, 0) is 10.0 Å². The van der Waals surface area contributed by atoms with Gasteiger partial charge in [0.15, 0.2) is 5.11 Å². The molecule has 10 heteroatoms. The van der Waals surface area contributed by atoms with Crippen LogP contribution in [-0.4, -0.2) is 53.8 Å². The van der Waals surface area contributed by atoms with Gasteiger partial charge < -0.3 is 10.2 Å². The molecule has 0 unspecified atom stereocenters. The minimum atomic E-state index is -3.60. The third kappa shape index (κ3) is 4.50. The summed E-state index contributed by atoms with van der Waals surface area (Å²) in [4.78, 5) is 12.5. The number of nitro benzene ring substituents is 1. The van der Waals surface area contributed by atoms with Crippen molar-refractivity contribution >= 4 is 49.5 Å². The lowest BCUT2D eigenvalue weighted by Gasteiger charge is -2.35. The number of rotatable bonds is 4. The van der Waals surface area contributed by atoms with Crippen LogP contribution in [0.1, 0.15) is 0 Å². The molecule has 0 aliphatic carbocycles. The molecule has 1 saturated heterocycles. The molecule has 4 rings (SSSR count). The minimum Gasteiger partial charge on any atom is -0.346 e. The molecular formula is C21H20N4O4S2. The number of anilines is 1. The summed E-state index contributed by atoms with van der Waals surface area (Å²) >= 11 is 5.43. The smallest absolute Gasteiger partial charge is 0.269 e. The molecule has 3 aromatic rings. The molecule has 0 bridgehead atoms. The van der Waals surface area contributed by atoms with E-state index in [2.05, 4.69) is 5.32 Å². The Bertz CT molecular complexity index is 1240. The van der Waals surface area contributed by atoms with Crippen LogP contribution < -0.4 is 5.32 Å². The first-order chi connectivity index (χ1) is 14.8. The number of benzene rings is 3. The largest absolute Gasteiger partial charge is 0.346 e. The molecular weight excluding hydrogens is 436 g/mol. The topological polar surface area (TPSA) is 95.8 Å². The molecule has 8 nitrogen and oxygen atoms in total. The number of nitrogens with zero attached hydrogens (tertiary/aromatic N) is 3. The summed E-state index contributed by atoms with van der Waals surface area (Å²) in [6, 6.07) is 18.8. The van der Waals surface area contributed by atoms with Crippen molar-refractivity contribution in [3.05, 3.63) is 76.8 Å². The van der Waals surface area contributed by atoms with Crippen LogP contribution >= 0.6 is 12.2 Å². The summed E-state index contributed by atoms with van der Waals surface area (Å²) in [6.45, 7) is 1.53. The van der Waals surface area contributed by atoms with Crippen LogP contribution in [0.5, 0.6) is 0 Å². The van der Waals surface area contributed by atoms with Crippen LogP contribution in [0.15, 0.2) is 71.6 Å². The summed E-state index contributed by atoms with van der Waals surface area (Å²) in [7, 11) is -3.60. The van der Waals surface area contributed by atoms with E-state index < -0.39 is 14.9 Å². The van der Waals surface area contributed by atoms with E-state index in [1.165, 1.54) is 16.4 Å². The monoisotopic (exact) mass is 456 g/mol. The Kier molecular flexibility index (Phi) is 5.86. The van der Waals surface area contributed by atoms with Gasteiger partial charge in [-0.2, -0.15) is 4.31 Å².